The zero-order chi connectivity index (χ0) is 30.8. The summed E-state index contributed by atoms with van der Waals surface area (Å²) in [7, 11) is 0. The van der Waals surface area contributed by atoms with E-state index in [2.05, 4.69) is 17.1 Å². The summed E-state index contributed by atoms with van der Waals surface area (Å²) in [6.45, 7) is 2.66. The Bertz CT molecular complexity index is 1850. The van der Waals surface area contributed by atoms with E-state index in [9.17, 15) is 14.7 Å². The molecule has 12 heteroatoms. The molecule has 0 saturated heterocycles. The van der Waals surface area contributed by atoms with Gasteiger partial charge in [0, 0.05) is 21.2 Å². The fourth-order valence-electron chi connectivity index (χ4n) is 4.79. The molecule has 3 heterocycles. The molecule has 5 aromatic rings. The molecule has 1 atom stereocenters. The SMILES string of the molecule is CCCCOc1ccc(C2C(C(=O)c3cc4ccccc4o3)=C(O)C(=O)N2c2nnc(SCc3ccc(Cl)cc3Cl)s2)cc1. The number of halogens is 2. The van der Waals surface area contributed by atoms with Crippen LogP contribution in [0.25, 0.3) is 11.0 Å². The number of nitrogens with zero attached hydrogens (tertiary/aromatic N) is 3. The normalized spacial score (nSPS) is 15.0. The smallest absolute Gasteiger partial charge is 0.296 e. The molecule has 6 rings (SSSR count). The van der Waals surface area contributed by atoms with Crippen LogP contribution in [0.4, 0.5) is 5.13 Å². The molecule has 44 heavy (non-hydrogen) atoms. The van der Waals surface area contributed by atoms with Crippen LogP contribution < -0.4 is 9.64 Å². The van der Waals surface area contributed by atoms with E-state index in [0.717, 1.165) is 23.8 Å². The Hall–Kier alpha value is -3.83. The first-order chi connectivity index (χ1) is 21.3. The fraction of sp³-hybridized carbons (Fsp3) is 0.188. The number of para-hydroxylation sites is 1. The van der Waals surface area contributed by atoms with Gasteiger partial charge >= 0.3 is 0 Å². The molecule has 0 bridgehead atoms. The summed E-state index contributed by atoms with van der Waals surface area (Å²) in [4.78, 5) is 28.8. The average molecular weight is 667 g/mol. The monoisotopic (exact) mass is 665 g/mol. The number of anilines is 1. The van der Waals surface area contributed by atoms with Gasteiger partial charge in [-0.25, -0.2) is 0 Å². The van der Waals surface area contributed by atoms with Crippen LogP contribution in [0.2, 0.25) is 10.0 Å². The second-order valence-electron chi connectivity index (χ2n) is 9.96. The van der Waals surface area contributed by atoms with E-state index in [4.69, 9.17) is 32.4 Å². The number of carbonyl (C=O) groups is 2. The molecule has 0 aliphatic carbocycles. The van der Waals surface area contributed by atoms with Crippen LogP contribution >= 0.6 is 46.3 Å². The summed E-state index contributed by atoms with van der Waals surface area (Å²) < 4.78 is 12.2. The lowest BCUT2D eigenvalue weighted by molar-refractivity contribution is -0.117. The number of carbonyl (C=O) groups excluding carboxylic acids is 2. The van der Waals surface area contributed by atoms with Crippen LogP contribution in [-0.2, 0) is 10.5 Å². The third-order valence-corrected chi connectivity index (χ3v) is 9.72. The van der Waals surface area contributed by atoms with Gasteiger partial charge in [-0.05, 0) is 53.9 Å². The second kappa shape index (κ2) is 13.0. The maximum absolute atomic E-state index is 13.9. The van der Waals surface area contributed by atoms with Crippen molar-refractivity contribution in [3.8, 4) is 5.75 Å². The highest BCUT2D eigenvalue weighted by molar-refractivity contribution is 8.00. The number of hydrogen-bond donors (Lipinski definition) is 1. The Labute approximate surface area is 271 Å². The number of rotatable bonds is 11. The summed E-state index contributed by atoms with van der Waals surface area (Å²) in [6.07, 6.45) is 1.92. The van der Waals surface area contributed by atoms with Crippen LogP contribution in [0, 0.1) is 0 Å². The van der Waals surface area contributed by atoms with Gasteiger partial charge in [-0.3, -0.25) is 14.5 Å². The molecule has 224 valence electrons. The van der Waals surface area contributed by atoms with Gasteiger partial charge in [0.1, 0.15) is 11.3 Å². The lowest BCUT2D eigenvalue weighted by Crippen LogP contribution is -2.31. The maximum atomic E-state index is 13.9. The summed E-state index contributed by atoms with van der Waals surface area (Å²) in [5, 5.41) is 21.7. The molecule has 1 amide bonds. The van der Waals surface area contributed by atoms with Gasteiger partial charge in [-0.1, -0.05) is 96.0 Å². The van der Waals surface area contributed by atoms with Gasteiger partial charge in [0.2, 0.25) is 10.9 Å². The van der Waals surface area contributed by atoms with Crippen molar-refractivity contribution in [2.45, 2.75) is 35.9 Å². The quantitative estimate of drug-likeness (QED) is 0.0645. The minimum absolute atomic E-state index is 0.0141. The molecule has 2 aromatic heterocycles. The Balaban J connectivity index is 1.33. The number of aliphatic hydroxyl groups is 1. The van der Waals surface area contributed by atoms with E-state index in [-0.39, 0.29) is 16.5 Å². The molecular weight excluding hydrogens is 641 g/mol. The molecule has 0 fully saturated rings. The van der Waals surface area contributed by atoms with Crippen molar-refractivity contribution in [3.63, 3.8) is 0 Å². The maximum Gasteiger partial charge on any atom is 0.296 e. The highest BCUT2D eigenvalue weighted by atomic mass is 35.5. The molecule has 1 unspecified atom stereocenters. The topological polar surface area (TPSA) is 106 Å². The zero-order valence-corrected chi connectivity index (χ0v) is 26.5. The van der Waals surface area contributed by atoms with Gasteiger partial charge in [0.15, 0.2) is 15.9 Å². The van der Waals surface area contributed by atoms with Crippen LogP contribution in [0.3, 0.4) is 0 Å². The Morgan fingerprint density at radius 2 is 1.89 bits per heavy atom. The van der Waals surface area contributed by atoms with Gasteiger partial charge in [-0.15, -0.1) is 10.2 Å². The summed E-state index contributed by atoms with van der Waals surface area (Å²) in [6, 6.07) is 20.2. The van der Waals surface area contributed by atoms with E-state index in [1.165, 1.54) is 28.0 Å². The van der Waals surface area contributed by atoms with Gasteiger partial charge < -0.3 is 14.3 Å². The predicted molar refractivity (Wildman–Crippen MR) is 173 cm³/mol. The number of aliphatic hydroxyl groups excluding tert-OH is 1. The van der Waals surface area contributed by atoms with E-state index in [1.54, 1.807) is 54.6 Å². The van der Waals surface area contributed by atoms with E-state index >= 15 is 0 Å². The minimum Gasteiger partial charge on any atom is -0.503 e. The van der Waals surface area contributed by atoms with Crippen molar-refractivity contribution in [1.29, 1.82) is 0 Å². The van der Waals surface area contributed by atoms with Crippen molar-refractivity contribution in [2.24, 2.45) is 0 Å². The van der Waals surface area contributed by atoms with E-state index in [0.29, 0.717) is 43.6 Å². The molecule has 1 aliphatic heterocycles. The number of furan rings is 1. The molecule has 0 radical (unpaired) electrons. The van der Waals surface area contributed by atoms with Crippen LogP contribution in [-0.4, -0.2) is 33.6 Å². The van der Waals surface area contributed by atoms with Crippen LogP contribution in [0.15, 0.2) is 92.9 Å². The minimum atomic E-state index is -0.982. The molecule has 8 nitrogen and oxygen atoms in total. The Kier molecular flexibility index (Phi) is 8.95. The number of ketones is 1. The number of aromatic nitrogens is 2. The molecule has 1 aliphatic rings. The van der Waals surface area contributed by atoms with Crippen molar-refractivity contribution >= 4 is 74.1 Å². The zero-order valence-electron chi connectivity index (χ0n) is 23.3. The number of benzene rings is 3. The van der Waals surface area contributed by atoms with Crippen molar-refractivity contribution in [1.82, 2.24) is 10.2 Å². The highest BCUT2D eigenvalue weighted by Gasteiger charge is 2.46. The second-order valence-corrected chi connectivity index (χ2v) is 13.0. The van der Waals surface area contributed by atoms with Crippen molar-refractivity contribution in [2.75, 3.05) is 11.5 Å². The Morgan fingerprint density at radius 3 is 2.64 bits per heavy atom. The van der Waals surface area contributed by atoms with E-state index < -0.39 is 23.5 Å². The van der Waals surface area contributed by atoms with Gasteiger partial charge in [0.05, 0.1) is 18.2 Å². The molecule has 3 aromatic carbocycles. The largest absolute Gasteiger partial charge is 0.503 e. The Morgan fingerprint density at radius 1 is 1.09 bits per heavy atom. The van der Waals surface area contributed by atoms with Gasteiger partial charge in [0.25, 0.3) is 5.91 Å². The first-order valence-corrected chi connectivity index (χ1v) is 16.3. The highest BCUT2D eigenvalue weighted by Crippen LogP contribution is 2.44. The summed E-state index contributed by atoms with van der Waals surface area (Å²) in [5.74, 6) is -0.848. The molecule has 1 N–H and O–H groups in total. The average Bonchev–Trinajstić information content (AvgIpc) is 3.73. The third kappa shape index (κ3) is 6.08. The fourth-order valence-corrected chi connectivity index (χ4v) is 7.22. The molecular formula is C32H25Cl2N3O5S2. The standard InChI is InChI=1S/C32H25Cl2N3O5S2/c1-2-3-14-41-22-12-9-18(10-13-22)27-26(28(38)25-15-19-6-4-5-7-24(19)42-25)29(39)30(40)37(27)31-35-36-32(44-31)43-17-20-8-11-21(33)16-23(20)34/h4-13,15-16,27,39H,2-3,14,17H2,1H3. The number of ether oxygens (including phenoxy) is 1. The lowest BCUT2D eigenvalue weighted by atomic mass is 9.95. The number of thioether (sulfide) groups is 1. The van der Waals surface area contributed by atoms with Crippen LogP contribution in [0.1, 0.15) is 47.5 Å². The lowest BCUT2D eigenvalue weighted by Gasteiger charge is -2.24. The van der Waals surface area contributed by atoms with Crippen molar-refractivity contribution in [3.05, 3.63) is 111 Å². The summed E-state index contributed by atoms with van der Waals surface area (Å²) >= 11 is 14.9. The first kappa shape index (κ1) is 30.2. The number of amides is 1. The summed E-state index contributed by atoms with van der Waals surface area (Å²) in [5.41, 5.74) is 1.87. The predicted octanol–water partition coefficient (Wildman–Crippen LogP) is 8.85. The number of fused-ring (bicyclic) bond motifs is 1. The van der Waals surface area contributed by atoms with Crippen molar-refractivity contribution < 1.29 is 23.8 Å². The molecule has 0 saturated carbocycles. The van der Waals surface area contributed by atoms with Crippen LogP contribution in [0.5, 0.6) is 5.75 Å². The number of unbranched alkanes of at least 4 members (excludes halogenated alkanes) is 1. The molecule has 0 spiro atoms. The number of hydrogen-bond acceptors (Lipinski definition) is 9. The number of Topliss-reactive ketones (excluding diaryl/α,β-unsaturated/α-hetero) is 1. The van der Waals surface area contributed by atoms with E-state index in [1.807, 2.05) is 18.2 Å². The third-order valence-electron chi connectivity index (χ3n) is 7.03. The first-order valence-electron chi connectivity index (χ1n) is 13.8. The van der Waals surface area contributed by atoms with Gasteiger partial charge in [-0.2, -0.15) is 0 Å².